The number of aromatic nitrogens is 2. The van der Waals surface area contributed by atoms with E-state index in [4.69, 9.17) is 11.6 Å². The second-order valence-electron chi connectivity index (χ2n) is 4.85. The summed E-state index contributed by atoms with van der Waals surface area (Å²) in [5.74, 6) is 0.975. The lowest BCUT2D eigenvalue weighted by molar-refractivity contribution is 0.525. The molecule has 4 heteroatoms. The van der Waals surface area contributed by atoms with Crippen LogP contribution in [-0.2, 0) is 6.54 Å². The molecule has 2 aromatic rings. The van der Waals surface area contributed by atoms with E-state index in [0.29, 0.717) is 6.04 Å². The number of benzene rings is 1. The maximum Gasteiger partial charge on any atom is 0.121 e. The first-order valence-corrected chi connectivity index (χ1v) is 7.02. The Kier molecular flexibility index (Phi) is 4.61. The fourth-order valence-corrected chi connectivity index (χ4v) is 2.04. The minimum Gasteiger partial charge on any atom is -0.344 e. The van der Waals surface area contributed by atoms with Crippen LogP contribution in [0, 0.1) is 6.92 Å². The molecule has 0 fully saturated rings. The summed E-state index contributed by atoms with van der Waals surface area (Å²) in [6, 6.07) is 8.28. The van der Waals surface area contributed by atoms with Crippen molar-refractivity contribution in [3.05, 3.63) is 40.8 Å². The molecule has 0 spiro atoms. The molecule has 0 saturated carbocycles. The van der Waals surface area contributed by atoms with E-state index >= 15 is 0 Å². The molecule has 0 bridgehead atoms. The third-order valence-corrected chi connectivity index (χ3v) is 3.53. The Hall–Kier alpha value is -1.32. The molecular weight excluding hydrogens is 258 g/mol. The van der Waals surface area contributed by atoms with E-state index in [1.165, 1.54) is 0 Å². The maximum absolute atomic E-state index is 5.91. The molecule has 0 saturated heterocycles. The molecule has 1 aromatic carbocycles. The maximum atomic E-state index is 5.91. The monoisotopic (exact) mass is 277 g/mol. The van der Waals surface area contributed by atoms with Gasteiger partial charge < -0.3 is 10.3 Å². The third kappa shape index (κ3) is 3.58. The van der Waals surface area contributed by atoms with Gasteiger partial charge in [0.25, 0.3) is 0 Å². The summed E-state index contributed by atoms with van der Waals surface area (Å²) < 4.78 is 0. The van der Waals surface area contributed by atoms with Crippen molar-refractivity contribution in [1.29, 1.82) is 0 Å². The van der Waals surface area contributed by atoms with Gasteiger partial charge in [-0.3, -0.25) is 0 Å². The fraction of sp³-hybridized carbons (Fsp3) is 0.400. The number of rotatable bonds is 5. The van der Waals surface area contributed by atoms with Crippen molar-refractivity contribution in [3.63, 3.8) is 0 Å². The highest BCUT2D eigenvalue weighted by Gasteiger charge is 2.09. The first-order chi connectivity index (χ1) is 9.10. The van der Waals surface area contributed by atoms with Gasteiger partial charge in [-0.2, -0.15) is 0 Å². The molecule has 0 aliphatic rings. The Bertz CT molecular complexity index is 531. The molecule has 0 aliphatic heterocycles. The van der Waals surface area contributed by atoms with Crippen LogP contribution in [0.1, 0.15) is 31.8 Å². The van der Waals surface area contributed by atoms with Crippen LogP contribution in [0.15, 0.2) is 24.3 Å². The van der Waals surface area contributed by atoms with Crippen molar-refractivity contribution in [2.45, 2.75) is 39.8 Å². The lowest BCUT2D eigenvalue weighted by Gasteiger charge is -2.08. The molecule has 0 amide bonds. The van der Waals surface area contributed by atoms with Gasteiger partial charge in [-0.05, 0) is 32.4 Å². The van der Waals surface area contributed by atoms with Gasteiger partial charge in [-0.1, -0.05) is 30.7 Å². The molecule has 19 heavy (non-hydrogen) atoms. The molecule has 1 aromatic heterocycles. The van der Waals surface area contributed by atoms with Crippen LogP contribution >= 0.6 is 11.6 Å². The molecule has 2 rings (SSSR count). The minimum absolute atomic E-state index is 0.504. The lowest BCUT2D eigenvalue weighted by Crippen LogP contribution is -2.24. The number of halogens is 1. The summed E-state index contributed by atoms with van der Waals surface area (Å²) in [6.45, 7) is 7.16. The number of hydrogen-bond donors (Lipinski definition) is 2. The molecule has 1 atom stereocenters. The first-order valence-electron chi connectivity index (χ1n) is 6.65. The summed E-state index contributed by atoms with van der Waals surface area (Å²) in [7, 11) is 0. The van der Waals surface area contributed by atoms with Crippen LogP contribution in [0.5, 0.6) is 0 Å². The number of imidazole rings is 1. The van der Waals surface area contributed by atoms with Crippen LogP contribution in [0.2, 0.25) is 5.02 Å². The Morgan fingerprint density at radius 2 is 2.00 bits per heavy atom. The van der Waals surface area contributed by atoms with E-state index in [1.807, 2.05) is 31.2 Å². The number of H-pyrrole nitrogens is 1. The predicted octanol–water partition coefficient (Wildman–Crippen LogP) is 3.93. The molecule has 1 heterocycles. The summed E-state index contributed by atoms with van der Waals surface area (Å²) >= 11 is 5.91. The smallest absolute Gasteiger partial charge is 0.121 e. The number of aromatic amines is 1. The number of aryl methyl sites for hydroxylation is 1. The second-order valence-corrected chi connectivity index (χ2v) is 5.29. The van der Waals surface area contributed by atoms with E-state index < -0.39 is 0 Å². The Morgan fingerprint density at radius 1 is 1.32 bits per heavy atom. The summed E-state index contributed by atoms with van der Waals surface area (Å²) in [5.41, 5.74) is 3.17. The zero-order valence-corrected chi connectivity index (χ0v) is 12.4. The molecule has 3 nitrogen and oxygen atoms in total. The number of hydrogen-bond acceptors (Lipinski definition) is 2. The normalized spacial score (nSPS) is 12.6. The average molecular weight is 278 g/mol. The minimum atomic E-state index is 0.504. The second kappa shape index (κ2) is 6.22. The number of nitrogens with one attached hydrogen (secondary N) is 2. The van der Waals surface area contributed by atoms with Crippen molar-refractivity contribution in [2.75, 3.05) is 0 Å². The van der Waals surface area contributed by atoms with Gasteiger partial charge in [0.15, 0.2) is 0 Å². The van der Waals surface area contributed by atoms with Crippen molar-refractivity contribution in [2.24, 2.45) is 0 Å². The van der Waals surface area contributed by atoms with Crippen molar-refractivity contribution in [3.8, 4) is 11.3 Å². The highest BCUT2D eigenvalue weighted by molar-refractivity contribution is 6.30. The van der Waals surface area contributed by atoms with E-state index in [1.54, 1.807) is 0 Å². The van der Waals surface area contributed by atoms with Gasteiger partial charge in [0.05, 0.1) is 12.2 Å². The van der Waals surface area contributed by atoms with Crippen LogP contribution in [0.4, 0.5) is 0 Å². The van der Waals surface area contributed by atoms with E-state index in [9.17, 15) is 0 Å². The summed E-state index contributed by atoms with van der Waals surface area (Å²) in [6.07, 6.45) is 1.11. The standard InChI is InChI=1S/C15H20ClN3/c1-4-10(2)17-9-14-18-11(3)15(19-14)12-5-7-13(16)8-6-12/h5-8,10,17H,4,9H2,1-3H3,(H,18,19). The average Bonchev–Trinajstić information content (AvgIpc) is 2.78. The van der Waals surface area contributed by atoms with Crippen molar-refractivity contribution < 1.29 is 0 Å². The molecule has 1 unspecified atom stereocenters. The zero-order valence-electron chi connectivity index (χ0n) is 11.6. The quantitative estimate of drug-likeness (QED) is 0.869. The lowest BCUT2D eigenvalue weighted by atomic mass is 10.1. The Morgan fingerprint density at radius 3 is 2.63 bits per heavy atom. The van der Waals surface area contributed by atoms with Gasteiger partial charge in [-0.15, -0.1) is 0 Å². The third-order valence-electron chi connectivity index (χ3n) is 3.28. The molecule has 102 valence electrons. The highest BCUT2D eigenvalue weighted by Crippen LogP contribution is 2.22. The van der Waals surface area contributed by atoms with E-state index in [2.05, 4.69) is 29.1 Å². The topological polar surface area (TPSA) is 40.7 Å². The Balaban J connectivity index is 2.14. The van der Waals surface area contributed by atoms with Crippen LogP contribution in [0.3, 0.4) is 0 Å². The molecule has 2 N–H and O–H groups in total. The van der Waals surface area contributed by atoms with Gasteiger partial charge in [0.2, 0.25) is 0 Å². The SMILES string of the molecule is CCC(C)NCc1nc(-c2ccc(Cl)cc2)c(C)[nH]1. The van der Waals surface area contributed by atoms with Crippen LogP contribution in [0.25, 0.3) is 11.3 Å². The van der Waals surface area contributed by atoms with Gasteiger partial charge in [-0.25, -0.2) is 4.98 Å². The zero-order chi connectivity index (χ0) is 13.8. The molecular formula is C15H20ClN3. The van der Waals surface area contributed by atoms with Crippen molar-refractivity contribution in [1.82, 2.24) is 15.3 Å². The highest BCUT2D eigenvalue weighted by atomic mass is 35.5. The van der Waals surface area contributed by atoms with Crippen LogP contribution < -0.4 is 5.32 Å². The predicted molar refractivity (Wildman–Crippen MR) is 80.4 cm³/mol. The van der Waals surface area contributed by atoms with E-state index in [-0.39, 0.29) is 0 Å². The van der Waals surface area contributed by atoms with E-state index in [0.717, 1.165) is 40.8 Å². The van der Waals surface area contributed by atoms with Crippen LogP contribution in [-0.4, -0.2) is 16.0 Å². The van der Waals surface area contributed by atoms with Crippen molar-refractivity contribution >= 4 is 11.6 Å². The molecule has 0 radical (unpaired) electrons. The summed E-state index contributed by atoms with van der Waals surface area (Å²) in [4.78, 5) is 7.99. The van der Waals surface area contributed by atoms with Gasteiger partial charge >= 0.3 is 0 Å². The molecule has 0 aliphatic carbocycles. The fourth-order valence-electron chi connectivity index (χ4n) is 1.91. The summed E-state index contributed by atoms with van der Waals surface area (Å²) in [5, 5.41) is 4.18. The largest absolute Gasteiger partial charge is 0.344 e. The first kappa shape index (κ1) is 14.1. The van der Waals surface area contributed by atoms with Gasteiger partial charge in [0, 0.05) is 22.3 Å². The number of nitrogens with zero attached hydrogens (tertiary/aromatic N) is 1. The van der Waals surface area contributed by atoms with Gasteiger partial charge in [0.1, 0.15) is 5.82 Å². The Labute approximate surface area is 119 Å².